The van der Waals surface area contributed by atoms with Crippen LogP contribution in [0, 0.1) is 0 Å². The Morgan fingerprint density at radius 2 is 1.88 bits per heavy atom. The van der Waals surface area contributed by atoms with E-state index < -0.39 is 11.8 Å². The smallest absolute Gasteiger partial charge is 0.329 e. The molecule has 0 saturated heterocycles. The molecule has 2 rings (SSSR count). The minimum Gasteiger partial charge on any atom is -0.507 e. The predicted molar refractivity (Wildman–Crippen MR) is 94.8 cm³/mol. The third-order valence-electron chi connectivity index (χ3n) is 3.43. The molecule has 0 heterocycles. The first-order valence-corrected chi connectivity index (χ1v) is 7.63. The van der Waals surface area contributed by atoms with Gasteiger partial charge in [-0.1, -0.05) is 19.1 Å². The number of phenols is 1. The Hall–Kier alpha value is -3.35. The van der Waals surface area contributed by atoms with Gasteiger partial charge in [-0.2, -0.15) is 5.10 Å². The maximum Gasteiger partial charge on any atom is 0.329 e. The van der Waals surface area contributed by atoms with Crippen LogP contribution in [0.2, 0.25) is 0 Å². The first-order chi connectivity index (χ1) is 12.0. The highest BCUT2D eigenvalue weighted by Gasteiger charge is 2.12. The van der Waals surface area contributed by atoms with Gasteiger partial charge in [-0.25, -0.2) is 5.43 Å². The summed E-state index contributed by atoms with van der Waals surface area (Å²) in [5.74, 6) is -1.26. The maximum absolute atomic E-state index is 11.8. The van der Waals surface area contributed by atoms with Crippen LogP contribution in [0.4, 0.5) is 5.69 Å². The number of hydrogen-bond donors (Lipinski definition) is 3. The average molecular weight is 341 g/mol. The number of methoxy groups -OCH3 is 1. The summed E-state index contributed by atoms with van der Waals surface area (Å²) in [7, 11) is 1.49. The van der Waals surface area contributed by atoms with E-state index in [-0.39, 0.29) is 5.75 Å². The summed E-state index contributed by atoms with van der Waals surface area (Å²) >= 11 is 0. The van der Waals surface area contributed by atoms with E-state index in [4.69, 9.17) is 4.74 Å². The van der Waals surface area contributed by atoms with Gasteiger partial charge < -0.3 is 15.2 Å². The first-order valence-electron chi connectivity index (χ1n) is 7.63. The first kappa shape index (κ1) is 18.0. The van der Waals surface area contributed by atoms with Gasteiger partial charge >= 0.3 is 11.8 Å². The fourth-order valence-corrected chi connectivity index (χ4v) is 1.99. The standard InChI is InChI=1S/C18H19N3O4/c1-3-12-4-6-14(7-5-12)20-17(23)18(24)21-19-11-13-10-15(25-2)8-9-16(13)22/h4-11,22H,3H2,1-2H3,(H,20,23)(H,21,24)/b19-11-. The van der Waals surface area contributed by atoms with Crippen LogP contribution in [0.25, 0.3) is 0 Å². The summed E-state index contributed by atoms with van der Waals surface area (Å²) in [5.41, 5.74) is 4.10. The molecule has 0 aliphatic rings. The monoisotopic (exact) mass is 341 g/mol. The molecule has 0 unspecified atom stereocenters. The van der Waals surface area contributed by atoms with Crippen molar-refractivity contribution in [2.24, 2.45) is 5.10 Å². The van der Waals surface area contributed by atoms with Crippen molar-refractivity contribution in [2.75, 3.05) is 12.4 Å². The molecule has 25 heavy (non-hydrogen) atoms. The number of ether oxygens (including phenoxy) is 1. The van der Waals surface area contributed by atoms with Crippen molar-refractivity contribution in [3.8, 4) is 11.5 Å². The number of anilines is 1. The molecular formula is C18H19N3O4. The zero-order chi connectivity index (χ0) is 18.2. The van der Waals surface area contributed by atoms with Crippen LogP contribution in [0.1, 0.15) is 18.1 Å². The second-order valence-electron chi connectivity index (χ2n) is 5.13. The molecule has 0 saturated carbocycles. The van der Waals surface area contributed by atoms with Gasteiger partial charge in [-0.3, -0.25) is 9.59 Å². The van der Waals surface area contributed by atoms with Crippen molar-refractivity contribution >= 4 is 23.7 Å². The Morgan fingerprint density at radius 3 is 2.52 bits per heavy atom. The number of hydrogen-bond acceptors (Lipinski definition) is 5. The van der Waals surface area contributed by atoms with Gasteiger partial charge in [0.1, 0.15) is 11.5 Å². The van der Waals surface area contributed by atoms with Crippen molar-refractivity contribution in [3.05, 3.63) is 53.6 Å². The van der Waals surface area contributed by atoms with Crippen molar-refractivity contribution in [2.45, 2.75) is 13.3 Å². The fraction of sp³-hybridized carbons (Fsp3) is 0.167. The third kappa shape index (κ3) is 5.07. The number of amides is 2. The lowest BCUT2D eigenvalue weighted by atomic mass is 10.1. The number of rotatable bonds is 5. The van der Waals surface area contributed by atoms with Crippen LogP contribution in [-0.2, 0) is 16.0 Å². The SMILES string of the molecule is CCc1ccc(NC(=O)C(=O)N/N=C\c2cc(OC)ccc2O)cc1. The molecule has 0 radical (unpaired) electrons. The van der Waals surface area contributed by atoms with Crippen LogP contribution >= 0.6 is 0 Å². The second-order valence-corrected chi connectivity index (χ2v) is 5.13. The molecule has 7 heteroatoms. The lowest BCUT2D eigenvalue weighted by molar-refractivity contribution is -0.136. The molecule has 2 aromatic rings. The molecule has 0 fully saturated rings. The van der Waals surface area contributed by atoms with Crippen LogP contribution in [0.5, 0.6) is 11.5 Å². The second kappa shape index (κ2) is 8.49. The fourth-order valence-electron chi connectivity index (χ4n) is 1.99. The summed E-state index contributed by atoms with van der Waals surface area (Å²) in [6, 6.07) is 11.8. The summed E-state index contributed by atoms with van der Waals surface area (Å²) in [6.45, 7) is 2.03. The van der Waals surface area contributed by atoms with E-state index in [1.165, 1.54) is 19.4 Å². The van der Waals surface area contributed by atoms with Gasteiger partial charge in [0.15, 0.2) is 0 Å². The molecule has 0 aliphatic carbocycles. The highest BCUT2D eigenvalue weighted by atomic mass is 16.5. The highest BCUT2D eigenvalue weighted by Crippen LogP contribution is 2.20. The van der Waals surface area contributed by atoms with Gasteiger partial charge in [0.25, 0.3) is 0 Å². The Kier molecular flexibility index (Phi) is 6.11. The zero-order valence-electron chi connectivity index (χ0n) is 13.9. The number of aromatic hydroxyl groups is 1. The predicted octanol–water partition coefficient (Wildman–Crippen LogP) is 2.05. The topological polar surface area (TPSA) is 100 Å². The Morgan fingerprint density at radius 1 is 1.16 bits per heavy atom. The number of nitrogens with one attached hydrogen (secondary N) is 2. The largest absolute Gasteiger partial charge is 0.507 e. The summed E-state index contributed by atoms with van der Waals surface area (Å²) < 4.78 is 5.03. The molecular weight excluding hydrogens is 322 g/mol. The molecule has 0 atom stereocenters. The molecule has 0 spiro atoms. The third-order valence-corrected chi connectivity index (χ3v) is 3.43. The molecule has 0 aliphatic heterocycles. The van der Waals surface area contributed by atoms with E-state index >= 15 is 0 Å². The Balaban J connectivity index is 1.93. The molecule has 2 amide bonds. The molecule has 2 aromatic carbocycles. The number of nitrogens with zero attached hydrogens (tertiary/aromatic N) is 1. The van der Waals surface area contributed by atoms with Crippen molar-refractivity contribution in [1.29, 1.82) is 0 Å². The number of carbonyl (C=O) groups is 2. The number of aryl methyl sites for hydroxylation is 1. The van der Waals surface area contributed by atoms with Crippen molar-refractivity contribution in [1.82, 2.24) is 5.43 Å². The summed E-state index contributed by atoms with van der Waals surface area (Å²) in [5, 5.41) is 15.8. The minimum atomic E-state index is -0.918. The average Bonchev–Trinajstić information content (AvgIpc) is 2.63. The van der Waals surface area contributed by atoms with Crippen molar-refractivity contribution < 1.29 is 19.4 Å². The number of benzene rings is 2. The van der Waals surface area contributed by atoms with E-state index in [1.807, 2.05) is 19.1 Å². The normalized spacial score (nSPS) is 10.5. The lowest BCUT2D eigenvalue weighted by Crippen LogP contribution is -2.32. The number of hydrazone groups is 1. The van der Waals surface area contributed by atoms with E-state index in [1.54, 1.807) is 24.3 Å². The lowest BCUT2D eigenvalue weighted by Gasteiger charge is -2.05. The van der Waals surface area contributed by atoms with E-state index in [0.29, 0.717) is 17.0 Å². The van der Waals surface area contributed by atoms with Gasteiger partial charge in [0.05, 0.1) is 13.3 Å². The van der Waals surface area contributed by atoms with Crippen LogP contribution in [0.3, 0.4) is 0 Å². The van der Waals surface area contributed by atoms with E-state index in [2.05, 4.69) is 15.8 Å². The molecule has 0 bridgehead atoms. The zero-order valence-corrected chi connectivity index (χ0v) is 13.9. The van der Waals surface area contributed by atoms with Crippen LogP contribution in [-0.4, -0.2) is 30.2 Å². The molecule has 7 nitrogen and oxygen atoms in total. The quantitative estimate of drug-likeness (QED) is 0.440. The molecule has 130 valence electrons. The van der Waals surface area contributed by atoms with E-state index in [9.17, 15) is 14.7 Å². The maximum atomic E-state index is 11.8. The highest BCUT2D eigenvalue weighted by molar-refractivity contribution is 6.39. The van der Waals surface area contributed by atoms with Crippen LogP contribution < -0.4 is 15.5 Å². The molecule has 0 aromatic heterocycles. The molecule has 3 N–H and O–H groups in total. The number of carbonyl (C=O) groups excluding carboxylic acids is 2. The van der Waals surface area contributed by atoms with Crippen LogP contribution in [0.15, 0.2) is 47.6 Å². The Labute approximate surface area is 145 Å². The number of phenolic OH excluding ortho intramolecular Hbond substituents is 1. The van der Waals surface area contributed by atoms with E-state index in [0.717, 1.165) is 12.0 Å². The van der Waals surface area contributed by atoms with Gasteiger partial charge in [-0.15, -0.1) is 0 Å². The Bertz CT molecular complexity index is 785. The van der Waals surface area contributed by atoms with Crippen molar-refractivity contribution in [3.63, 3.8) is 0 Å². The van der Waals surface area contributed by atoms with Gasteiger partial charge in [0, 0.05) is 11.3 Å². The minimum absolute atomic E-state index is 0.0285. The van der Waals surface area contributed by atoms with Gasteiger partial charge in [-0.05, 0) is 42.3 Å². The van der Waals surface area contributed by atoms with Gasteiger partial charge in [0.2, 0.25) is 0 Å². The summed E-state index contributed by atoms with van der Waals surface area (Å²) in [4.78, 5) is 23.6. The summed E-state index contributed by atoms with van der Waals surface area (Å²) in [6.07, 6.45) is 2.11.